The van der Waals surface area contributed by atoms with Gasteiger partial charge in [0.1, 0.15) is 0 Å². The molecule has 2 rings (SSSR count). The van der Waals surface area contributed by atoms with Crippen molar-refractivity contribution in [3.05, 3.63) is 16.0 Å². The molecule has 0 bridgehead atoms. The van der Waals surface area contributed by atoms with Crippen molar-refractivity contribution >= 4 is 16.3 Å². The van der Waals surface area contributed by atoms with Gasteiger partial charge in [-0.25, -0.2) is 0 Å². The van der Waals surface area contributed by atoms with E-state index in [1.807, 2.05) is 11.3 Å². The minimum atomic E-state index is 0.372. The van der Waals surface area contributed by atoms with Crippen molar-refractivity contribution in [2.75, 3.05) is 5.73 Å². The second-order valence-electron chi connectivity index (χ2n) is 6.14. The number of anilines is 1. The Morgan fingerprint density at radius 3 is 2.31 bits per heavy atom. The number of thiophene rings is 1. The zero-order chi connectivity index (χ0) is 11.8. The van der Waals surface area contributed by atoms with E-state index >= 15 is 0 Å². The van der Waals surface area contributed by atoms with Crippen LogP contribution in [0.15, 0.2) is 0 Å². The minimum Gasteiger partial charge on any atom is -0.390 e. The van der Waals surface area contributed by atoms with Crippen molar-refractivity contribution in [2.24, 2.45) is 5.41 Å². The number of nitrogens with two attached hydrogens (primary N) is 1. The van der Waals surface area contributed by atoms with Crippen LogP contribution >= 0.6 is 11.3 Å². The van der Waals surface area contributed by atoms with E-state index in [1.54, 1.807) is 10.4 Å². The predicted octanol–water partition coefficient (Wildman–Crippen LogP) is 4.19. The van der Waals surface area contributed by atoms with Crippen LogP contribution in [0.1, 0.15) is 56.0 Å². The molecule has 0 amide bonds. The molecule has 0 spiro atoms. The first-order valence-corrected chi connectivity index (χ1v) is 7.18. The summed E-state index contributed by atoms with van der Waals surface area (Å²) in [7, 11) is 0. The average molecular weight is 237 g/mol. The van der Waals surface area contributed by atoms with Gasteiger partial charge in [-0.3, -0.25) is 0 Å². The molecule has 1 aromatic rings. The van der Waals surface area contributed by atoms with Crippen LogP contribution < -0.4 is 5.73 Å². The van der Waals surface area contributed by atoms with Gasteiger partial charge in [-0.2, -0.15) is 0 Å². The first kappa shape index (κ1) is 12.0. The van der Waals surface area contributed by atoms with Gasteiger partial charge in [0.25, 0.3) is 0 Å². The normalized spacial score (nSPS) is 16.9. The van der Waals surface area contributed by atoms with Gasteiger partial charge in [0.05, 0.1) is 5.00 Å². The van der Waals surface area contributed by atoms with Crippen LogP contribution in [0.5, 0.6) is 0 Å². The van der Waals surface area contributed by atoms with Crippen LogP contribution in [0.25, 0.3) is 0 Å². The van der Waals surface area contributed by atoms with Gasteiger partial charge in [-0.15, -0.1) is 11.3 Å². The largest absolute Gasteiger partial charge is 0.390 e. The summed E-state index contributed by atoms with van der Waals surface area (Å²) in [5, 5.41) is 1.09. The molecule has 1 aromatic heterocycles. The first-order valence-electron chi connectivity index (χ1n) is 6.36. The summed E-state index contributed by atoms with van der Waals surface area (Å²) in [6, 6.07) is 0. The summed E-state index contributed by atoms with van der Waals surface area (Å²) >= 11 is 1.84. The Hall–Kier alpha value is -0.500. The maximum absolute atomic E-state index is 6.17. The van der Waals surface area contributed by atoms with E-state index < -0.39 is 0 Å². The predicted molar refractivity (Wildman–Crippen MR) is 73.1 cm³/mol. The van der Waals surface area contributed by atoms with E-state index in [0.29, 0.717) is 5.41 Å². The molecule has 0 saturated carbocycles. The van der Waals surface area contributed by atoms with Gasteiger partial charge < -0.3 is 5.73 Å². The third-order valence-corrected chi connectivity index (χ3v) is 4.38. The van der Waals surface area contributed by atoms with Crippen LogP contribution in [-0.4, -0.2) is 0 Å². The van der Waals surface area contributed by atoms with Crippen molar-refractivity contribution in [1.29, 1.82) is 0 Å². The van der Waals surface area contributed by atoms with E-state index in [4.69, 9.17) is 5.73 Å². The highest BCUT2D eigenvalue weighted by atomic mass is 32.1. The molecule has 1 nitrogen and oxygen atoms in total. The second kappa shape index (κ2) is 4.40. The fourth-order valence-corrected chi connectivity index (χ4v) is 4.01. The molecule has 1 heterocycles. The maximum atomic E-state index is 6.17. The zero-order valence-electron chi connectivity index (χ0n) is 10.7. The highest BCUT2D eigenvalue weighted by Gasteiger charge is 2.21. The van der Waals surface area contributed by atoms with E-state index in [-0.39, 0.29) is 0 Å². The highest BCUT2D eigenvalue weighted by molar-refractivity contribution is 7.16. The molecule has 0 aliphatic heterocycles. The lowest BCUT2D eigenvalue weighted by Gasteiger charge is -2.18. The van der Waals surface area contributed by atoms with E-state index in [1.165, 1.54) is 44.1 Å². The summed E-state index contributed by atoms with van der Waals surface area (Å²) < 4.78 is 0. The van der Waals surface area contributed by atoms with Gasteiger partial charge in [-0.05, 0) is 48.6 Å². The molecule has 2 N–H and O–H groups in total. The Balaban J connectivity index is 2.32. The quantitative estimate of drug-likeness (QED) is 0.728. The molecule has 0 unspecified atom stereocenters. The van der Waals surface area contributed by atoms with Gasteiger partial charge in [0.15, 0.2) is 0 Å². The molecule has 1 aliphatic rings. The van der Waals surface area contributed by atoms with Gasteiger partial charge in [0, 0.05) is 4.88 Å². The first-order chi connectivity index (χ1) is 7.47. The zero-order valence-corrected chi connectivity index (χ0v) is 11.5. The second-order valence-corrected chi connectivity index (χ2v) is 7.28. The van der Waals surface area contributed by atoms with Crippen LogP contribution in [0.3, 0.4) is 0 Å². The number of fused-ring (bicyclic) bond motifs is 1. The van der Waals surface area contributed by atoms with Gasteiger partial charge in [-0.1, -0.05) is 27.2 Å². The molecular weight excluding hydrogens is 214 g/mol. The van der Waals surface area contributed by atoms with E-state index in [2.05, 4.69) is 20.8 Å². The van der Waals surface area contributed by atoms with E-state index in [0.717, 1.165) is 5.00 Å². The monoisotopic (exact) mass is 237 g/mol. The molecule has 16 heavy (non-hydrogen) atoms. The summed E-state index contributed by atoms with van der Waals surface area (Å²) in [6.45, 7) is 6.93. The minimum absolute atomic E-state index is 0.372. The molecular formula is C14H23NS. The Bertz CT molecular complexity index is 371. The van der Waals surface area contributed by atoms with Crippen LogP contribution in [0.2, 0.25) is 0 Å². The average Bonchev–Trinajstić information content (AvgIpc) is 2.39. The lowest BCUT2D eigenvalue weighted by molar-refractivity contribution is 0.413. The van der Waals surface area contributed by atoms with Crippen molar-refractivity contribution in [3.8, 4) is 0 Å². The maximum Gasteiger partial charge on any atom is 0.0894 e. The van der Waals surface area contributed by atoms with Crippen molar-refractivity contribution < 1.29 is 0 Å². The highest BCUT2D eigenvalue weighted by Crippen LogP contribution is 2.38. The van der Waals surface area contributed by atoms with Gasteiger partial charge >= 0.3 is 0 Å². The van der Waals surface area contributed by atoms with Crippen molar-refractivity contribution in [3.63, 3.8) is 0 Å². The van der Waals surface area contributed by atoms with Crippen LogP contribution in [-0.2, 0) is 19.3 Å². The Kier molecular flexibility index (Phi) is 3.29. The van der Waals surface area contributed by atoms with Crippen molar-refractivity contribution in [1.82, 2.24) is 0 Å². The molecule has 0 aromatic carbocycles. The summed E-state index contributed by atoms with van der Waals surface area (Å²) in [4.78, 5) is 1.56. The number of rotatable bonds is 1. The Labute approximate surface area is 103 Å². The van der Waals surface area contributed by atoms with Crippen LogP contribution in [0, 0.1) is 5.41 Å². The standard InChI is InChI=1S/C14H23NS/c1-14(2,3)9-12-10-7-5-4-6-8-11(10)13(15)16-12/h4-9,15H2,1-3H3. The molecule has 0 saturated heterocycles. The van der Waals surface area contributed by atoms with E-state index in [9.17, 15) is 0 Å². The number of hydrogen-bond donors (Lipinski definition) is 1. The lowest BCUT2D eigenvalue weighted by atomic mass is 9.89. The fraction of sp³-hybridized carbons (Fsp3) is 0.714. The molecule has 0 atom stereocenters. The number of nitrogen functional groups attached to an aromatic ring is 1. The summed E-state index contributed by atoms with van der Waals surface area (Å²) in [5.74, 6) is 0. The molecule has 90 valence electrons. The molecule has 1 aliphatic carbocycles. The Morgan fingerprint density at radius 1 is 1.06 bits per heavy atom. The Morgan fingerprint density at radius 2 is 1.69 bits per heavy atom. The molecule has 0 radical (unpaired) electrons. The smallest absolute Gasteiger partial charge is 0.0894 e. The molecule has 0 fully saturated rings. The third kappa shape index (κ3) is 2.60. The van der Waals surface area contributed by atoms with Crippen molar-refractivity contribution in [2.45, 2.75) is 59.3 Å². The summed E-state index contributed by atoms with van der Waals surface area (Å²) in [6.07, 6.45) is 7.68. The molecule has 2 heteroatoms. The lowest BCUT2D eigenvalue weighted by Crippen LogP contribution is -2.09. The topological polar surface area (TPSA) is 26.0 Å². The fourth-order valence-electron chi connectivity index (χ4n) is 2.54. The third-order valence-electron chi connectivity index (χ3n) is 3.28. The summed E-state index contributed by atoms with van der Waals surface area (Å²) in [5.41, 5.74) is 9.64. The SMILES string of the molecule is CC(C)(C)Cc1sc(N)c2c1CCCCC2. The number of hydrogen-bond acceptors (Lipinski definition) is 2. The van der Waals surface area contributed by atoms with Gasteiger partial charge in [0.2, 0.25) is 0 Å². The van der Waals surface area contributed by atoms with Crippen LogP contribution in [0.4, 0.5) is 5.00 Å².